The molecule has 0 aliphatic carbocycles. The Labute approximate surface area is 135 Å². The number of hydrogen-bond donors (Lipinski definition) is 2. The predicted molar refractivity (Wildman–Crippen MR) is 87.7 cm³/mol. The van der Waals surface area contributed by atoms with Gasteiger partial charge in [-0.15, -0.1) is 0 Å². The number of rotatable bonds is 2. The smallest absolute Gasteiger partial charge is 0.257 e. The molecule has 0 fully saturated rings. The first-order chi connectivity index (χ1) is 10.0. The van der Waals surface area contributed by atoms with Gasteiger partial charge in [-0.25, -0.2) is 0 Å². The van der Waals surface area contributed by atoms with Gasteiger partial charge in [0.05, 0.1) is 5.56 Å². The van der Waals surface area contributed by atoms with Crippen LogP contribution in [-0.2, 0) is 0 Å². The minimum Gasteiger partial charge on any atom is -0.360 e. The number of fused-ring (bicyclic) bond motifs is 1. The number of aromatic nitrogens is 1. The Balaban J connectivity index is 1.93. The summed E-state index contributed by atoms with van der Waals surface area (Å²) in [6.07, 6.45) is 1.64. The van der Waals surface area contributed by atoms with E-state index in [1.807, 2.05) is 0 Å². The van der Waals surface area contributed by atoms with Gasteiger partial charge in [0.15, 0.2) is 0 Å². The highest BCUT2D eigenvalue weighted by molar-refractivity contribution is 6.35. The zero-order valence-electron chi connectivity index (χ0n) is 10.6. The zero-order valence-corrected chi connectivity index (χ0v) is 12.9. The van der Waals surface area contributed by atoms with Crippen molar-refractivity contribution in [1.82, 2.24) is 4.98 Å². The van der Waals surface area contributed by atoms with E-state index in [2.05, 4.69) is 10.3 Å². The molecule has 0 radical (unpaired) electrons. The van der Waals surface area contributed by atoms with Crippen molar-refractivity contribution in [3.05, 3.63) is 63.2 Å². The molecule has 106 valence electrons. The number of carbonyl (C=O) groups is 1. The minimum absolute atomic E-state index is 0.248. The number of amides is 1. The van der Waals surface area contributed by atoms with E-state index in [4.69, 9.17) is 34.8 Å². The largest absolute Gasteiger partial charge is 0.360 e. The Hall–Kier alpha value is -1.68. The van der Waals surface area contributed by atoms with Gasteiger partial charge in [0.1, 0.15) is 0 Å². The van der Waals surface area contributed by atoms with E-state index in [0.717, 1.165) is 10.9 Å². The summed E-state index contributed by atoms with van der Waals surface area (Å²) in [6, 6.07) is 10.2. The molecule has 1 amide bonds. The highest BCUT2D eigenvalue weighted by Crippen LogP contribution is 2.25. The number of nitrogens with one attached hydrogen (secondary N) is 2. The van der Waals surface area contributed by atoms with Crippen LogP contribution in [-0.4, -0.2) is 10.9 Å². The third kappa shape index (κ3) is 3.00. The summed E-state index contributed by atoms with van der Waals surface area (Å²) in [5.41, 5.74) is 1.87. The van der Waals surface area contributed by atoms with Crippen LogP contribution in [0.4, 0.5) is 5.69 Å². The third-order valence-corrected chi connectivity index (χ3v) is 3.68. The van der Waals surface area contributed by atoms with Crippen molar-refractivity contribution < 1.29 is 4.79 Å². The number of anilines is 1. The fraction of sp³-hybridized carbons (Fsp3) is 0. The molecule has 2 aromatic carbocycles. The van der Waals surface area contributed by atoms with Crippen molar-refractivity contribution in [1.29, 1.82) is 0 Å². The van der Waals surface area contributed by atoms with Crippen LogP contribution in [0.1, 0.15) is 10.4 Å². The molecule has 0 aliphatic rings. The van der Waals surface area contributed by atoms with E-state index in [1.54, 1.807) is 42.6 Å². The summed E-state index contributed by atoms with van der Waals surface area (Å²) in [7, 11) is 0. The van der Waals surface area contributed by atoms with Crippen molar-refractivity contribution in [3.8, 4) is 0 Å². The summed E-state index contributed by atoms with van der Waals surface area (Å²) in [5, 5.41) is 5.10. The Bertz CT molecular complexity index is 822. The number of halogens is 3. The molecule has 6 heteroatoms. The molecule has 0 unspecified atom stereocenters. The lowest BCUT2D eigenvalue weighted by Gasteiger charge is -2.05. The Morgan fingerprint density at radius 1 is 0.952 bits per heavy atom. The highest BCUT2D eigenvalue weighted by atomic mass is 35.5. The van der Waals surface area contributed by atoms with Crippen LogP contribution in [0.15, 0.2) is 42.6 Å². The monoisotopic (exact) mass is 338 g/mol. The van der Waals surface area contributed by atoms with Crippen molar-refractivity contribution in [3.63, 3.8) is 0 Å². The fourth-order valence-electron chi connectivity index (χ4n) is 2.11. The first-order valence-electron chi connectivity index (χ1n) is 6.07. The number of aromatic amines is 1. The normalized spacial score (nSPS) is 10.8. The van der Waals surface area contributed by atoms with Crippen LogP contribution in [0.25, 0.3) is 10.9 Å². The molecule has 3 nitrogen and oxygen atoms in total. The minimum atomic E-state index is -0.248. The van der Waals surface area contributed by atoms with Gasteiger partial charge in [-0.05, 0) is 30.3 Å². The molecule has 0 saturated carbocycles. The average Bonchev–Trinajstić information content (AvgIpc) is 2.80. The summed E-state index contributed by atoms with van der Waals surface area (Å²) in [5.74, 6) is -0.248. The van der Waals surface area contributed by atoms with Crippen molar-refractivity contribution >= 4 is 57.3 Å². The number of H-pyrrole nitrogens is 1. The van der Waals surface area contributed by atoms with Crippen molar-refractivity contribution in [2.45, 2.75) is 0 Å². The second kappa shape index (κ2) is 5.60. The molecule has 3 rings (SSSR count). The fourth-order valence-corrected chi connectivity index (χ4v) is 2.81. The summed E-state index contributed by atoms with van der Waals surface area (Å²) < 4.78 is 0. The van der Waals surface area contributed by atoms with Gasteiger partial charge < -0.3 is 10.3 Å². The standard InChI is InChI=1S/C15H9Cl3N2O/c16-8-1-2-12-13(7-19-14(12)6-8)15(21)20-11-4-9(17)3-10(18)5-11/h1-7,19H,(H,20,21). The lowest BCUT2D eigenvalue weighted by Crippen LogP contribution is -2.11. The first-order valence-corrected chi connectivity index (χ1v) is 7.20. The Morgan fingerprint density at radius 3 is 2.38 bits per heavy atom. The number of benzene rings is 2. The maximum absolute atomic E-state index is 12.3. The highest BCUT2D eigenvalue weighted by Gasteiger charge is 2.13. The quantitative estimate of drug-likeness (QED) is 0.647. The number of hydrogen-bond acceptors (Lipinski definition) is 1. The van der Waals surface area contributed by atoms with Crippen LogP contribution in [0, 0.1) is 0 Å². The van der Waals surface area contributed by atoms with E-state index < -0.39 is 0 Å². The van der Waals surface area contributed by atoms with E-state index in [-0.39, 0.29) is 5.91 Å². The Morgan fingerprint density at radius 2 is 1.67 bits per heavy atom. The van der Waals surface area contributed by atoms with Gasteiger partial charge in [0.2, 0.25) is 0 Å². The van der Waals surface area contributed by atoms with Gasteiger partial charge >= 0.3 is 0 Å². The van der Waals surface area contributed by atoms with Crippen LogP contribution < -0.4 is 5.32 Å². The van der Waals surface area contributed by atoms with Crippen molar-refractivity contribution in [2.24, 2.45) is 0 Å². The molecule has 3 aromatic rings. The second-order valence-corrected chi connectivity index (χ2v) is 5.81. The lowest BCUT2D eigenvalue weighted by atomic mass is 10.1. The molecule has 2 N–H and O–H groups in total. The molecule has 0 spiro atoms. The molecule has 0 aliphatic heterocycles. The molecule has 0 saturated heterocycles. The van der Waals surface area contributed by atoms with Gasteiger partial charge in [-0.1, -0.05) is 40.9 Å². The topological polar surface area (TPSA) is 44.9 Å². The maximum atomic E-state index is 12.3. The van der Waals surface area contributed by atoms with Crippen LogP contribution in [0.3, 0.4) is 0 Å². The van der Waals surface area contributed by atoms with Crippen LogP contribution >= 0.6 is 34.8 Å². The van der Waals surface area contributed by atoms with Gasteiger partial charge in [-0.2, -0.15) is 0 Å². The molecule has 1 aromatic heterocycles. The van der Waals surface area contributed by atoms with E-state index in [9.17, 15) is 4.79 Å². The third-order valence-electron chi connectivity index (χ3n) is 3.01. The first kappa shape index (κ1) is 14.3. The zero-order chi connectivity index (χ0) is 15.0. The van der Waals surface area contributed by atoms with Crippen molar-refractivity contribution in [2.75, 3.05) is 5.32 Å². The molecular weight excluding hydrogens is 331 g/mol. The molecule has 0 atom stereocenters. The van der Waals surface area contributed by atoms with Crippen LogP contribution in [0.5, 0.6) is 0 Å². The molecule has 0 bridgehead atoms. The molecular formula is C15H9Cl3N2O. The van der Waals surface area contributed by atoms with Gasteiger partial charge in [0.25, 0.3) is 5.91 Å². The maximum Gasteiger partial charge on any atom is 0.257 e. The SMILES string of the molecule is O=C(Nc1cc(Cl)cc(Cl)c1)c1c[nH]c2cc(Cl)ccc12. The molecule has 1 heterocycles. The summed E-state index contributed by atoms with van der Waals surface area (Å²) in [6.45, 7) is 0. The second-order valence-electron chi connectivity index (χ2n) is 4.50. The van der Waals surface area contributed by atoms with E-state index >= 15 is 0 Å². The van der Waals surface area contributed by atoms with Gasteiger partial charge in [-0.3, -0.25) is 4.79 Å². The van der Waals surface area contributed by atoms with Crippen LogP contribution in [0.2, 0.25) is 15.1 Å². The summed E-state index contributed by atoms with van der Waals surface area (Å²) >= 11 is 17.8. The summed E-state index contributed by atoms with van der Waals surface area (Å²) in [4.78, 5) is 15.4. The van der Waals surface area contributed by atoms with E-state index in [0.29, 0.717) is 26.3 Å². The predicted octanol–water partition coefficient (Wildman–Crippen LogP) is 5.38. The Kier molecular flexibility index (Phi) is 3.81. The van der Waals surface area contributed by atoms with E-state index in [1.165, 1.54) is 0 Å². The number of carbonyl (C=O) groups excluding carboxylic acids is 1. The average molecular weight is 340 g/mol. The van der Waals surface area contributed by atoms with Gasteiger partial charge in [0, 0.05) is 37.9 Å². The lowest BCUT2D eigenvalue weighted by molar-refractivity contribution is 0.102. The molecule has 21 heavy (non-hydrogen) atoms.